The molecule has 0 aromatic carbocycles. The van der Waals surface area contributed by atoms with Gasteiger partial charge >= 0.3 is 0 Å². The number of hydrogen-bond donors (Lipinski definition) is 1. The van der Waals surface area contributed by atoms with Crippen molar-refractivity contribution in [1.82, 2.24) is 4.90 Å². The maximum absolute atomic E-state index is 6.23. The van der Waals surface area contributed by atoms with Crippen LogP contribution in [0.1, 0.15) is 40.5 Å². The third-order valence-electron chi connectivity index (χ3n) is 2.61. The van der Waals surface area contributed by atoms with Gasteiger partial charge in [-0.1, -0.05) is 20.3 Å². The summed E-state index contributed by atoms with van der Waals surface area (Å²) < 4.78 is 5.36. The number of likely N-dealkylation sites (N-methyl/N-ethyl adjacent to an activating group) is 1. The molecular weight excluding hydrogens is 188 g/mol. The second kappa shape index (κ2) is 8.08. The number of ether oxygens (including phenoxy) is 1. The van der Waals surface area contributed by atoms with Crippen molar-refractivity contribution in [3.8, 4) is 0 Å². The van der Waals surface area contributed by atoms with Gasteiger partial charge < -0.3 is 10.5 Å². The van der Waals surface area contributed by atoms with Crippen LogP contribution < -0.4 is 5.73 Å². The minimum atomic E-state index is -0.0586. The van der Waals surface area contributed by atoms with Gasteiger partial charge in [-0.05, 0) is 26.8 Å². The van der Waals surface area contributed by atoms with Crippen LogP contribution in [-0.4, -0.2) is 43.3 Å². The van der Waals surface area contributed by atoms with E-state index in [1.165, 1.54) is 0 Å². The molecule has 1 atom stereocenters. The van der Waals surface area contributed by atoms with Gasteiger partial charge in [0.05, 0.1) is 6.61 Å². The average Bonchev–Trinajstić information content (AvgIpc) is 2.16. The van der Waals surface area contributed by atoms with Crippen molar-refractivity contribution in [2.45, 2.75) is 46.1 Å². The maximum atomic E-state index is 6.23. The molecule has 0 bridgehead atoms. The number of hydrogen-bond acceptors (Lipinski definition) is 3. The van der Waals surface area contributed by atoms with Crippen LogP contribution in [0.3, 0.4) is 0 Å². The summed E-state index contributed by atoms with van der Waals surface area (Å²) in [5.41, 5.74) is 6.17. The molecule has 92 valence electrons. The fourth-order valence-electron chi connectivity index (χ4n) is 1.85. The van der Waals surface area contributed by atoms with Gasteiger partial charge in [0.25, 0.3) is 0 Å². The lowest BCUT2D eigenvalue weighted by Crippen LogP contribution is -2.48. The van der Waals surface area contributed by atoms with E-state index < -0.39 is 0 Å². The molecule has 15 heavy (non-hydrogen) atoms. The number of nitrogens with zero attached hydrogens (tertiary/aromatic N) is 1. The fraction of sp³-hybridized carbons (Fsp3) is 1.00. The first-order valence-electron chi connectivity index (χ1n) is 6.14. The highest BCUT2D eigenvalue weighted by Crippen LogP contribution is 2.10. The van der Waals surface area contributed by atoms with Gasteiger partial charge in [-0.2, -0.15) is 0 Å². The van der Waals surface area contributed by atoms with E-state index in [0.717, 1.165) is 45.7 Å². The Hall–Kier alpha value is -0.120. The first-order valence-corrected chi connectivity index (χ1v) is 6.14. The summed E-state index contributed by atoms with van der Waals surface area (Å²) in [6.45, 7) is 13.1. The first kappa shape index (κ1) is 14.9. The van der Waals surface area contributed by atoms with Crippen LogP contribution in [0.5, 0.6) is 0 Å². The highest BCUT2D eigenvalue weighted by molar-refractivity contribution is 4.81. The lowest BCUT2D eigenvalue weighted by molar-refractivity contribution is 0.105. The van der Waals surface area contributed by atoms with E-state index in [1.54, 1.807) is 0 Å². The van der Waals surface area contributed by atoms with Crippen molar-refractivity contribution in [2.75, 3.05) is 32.8 Å². The second-order valence-corrected chi connectivity index (χ2v) is 4.47. The Morgan fingerprint density at radius 3 is 2.40 bits per heavy atom. The summed E-state index contributed by atoms with van der Waals surface area (Å²) >= 11 is 0. The molecule has 2 N–H and O–H groups in total. The molecule has 0 saturated heterocycles. The molecule has 0 spiro atoms. The predicted octanol–water partition coefficient (Wildman–Crippen LogP) is 1.86. The van der Waals surface area contributed by atoms with Crippen LogP contribution in [0.2, 0.25) is 0 Å². The largest absolute Gasteiger partial charge is 0.380 e. The first-order chi connectivity index (χ1) is 7.05. The van der Waals surface area contributed by atoms with Gasteiger partial charge in [0.1, 0.15) is 0 Å². The van der Waals surface area contributed by atoms with Crippen LogP contribution in [0, 0.1) is 0 Å². The predicted molar refractivity (Wildman–Crippen MR) is 66.1 cm³/mol. The minimum Gasteiger partial charge on any atom is -0.380 e. The third kappa shape index (κ3) is 7.77. The van der Waals surface area contributed by atoms with Crippen LogP contribution in [0.25, 0.3) is 0 Å². The lowest BCUT2D eigenvalue weighted by atomic mass is 9.97. The zero-order valence-electron chi connectivity index (χ0n) is 10.9. The molecule has 0 heterocycles. The SMILES string of the molecule is CCCC(C)(N)CN(CC)CCOCC. The van der Waals surface area contributed by atoms with Gasteiger partial charge in [0, 0.05) is 25.2 Å². The van der Waals surface area contributed by atoms with Crippen LogP contribution in [0.4, 0.5) is 0 Å². The van der Waals surface area contributed by atoms with Crippen molar-refractivity contribution < 1.29 is 4.74 Å². The average molecular weight is 216 g/mol. The fourth-order valence-corrected chi connectivity index (χ4v) is 1.85. The Kier molecular flexibility index (Phi) is 8.02. The highest BCUT2D eigenvalue weighted by atomic mass is 16.5. The monoisotopic (exact) mass is 216 g/mol. The van der Waals surface area contributed by atoms with E-state index in [9.17, 15) is 0 Å². The minimum absolute atomic E-state index is 0.0586. The summed E-state index contributed by atoms with van der Waals surface area (Å²) in [6.07, 6.45) is 2.23. The summed E-state index contributed by atoms with van der Waals surface area (Å²) in [5, 5.41) is 0. The van der Waals surface area contributed by atoms with Crippen LogP contribution in [0.15, 0.2) is 0 Å². The molecule has 0 aliphatic heterocycles. The Morgan fingerprint density at radius 1 is 1.27 bits per heavy atom. The Bertz CT molecular complexity index is 149. The summed E-state index contributed by atoms with van der Waals surface area (Å²) in [6, 6.07) is 0. The van der Waals surface area contributed by atoms with Gasteiger partial charge in [-0.15, -0.1) is 0 Å². The van der Waals surface area contributed by atoms with Crippen molar-refractivity contribution >= 4 is 0 Å². The Balaban J connectivity index is 3.85. The Labute approximate surface area is 95.0 Å². The van der Waals surface area contributed by atoms with Crippen molar-refractivity contribution in [3.05, 3.63) is 0 Å². The molecule has 0 saturated carbocycles. The van der Waals surface area contributed by atoms with E-state index in [4.69, 9.17) is 10.5 Å². The molecule has 0 aliphatic carbocycles. The third-order valence-corrected chi connectivity index (χ3v) is 2.61. The molecule has 0 aliphatic rings. The lowest BCUT2D eigenvalue weighted by Gasteiger charge is -2.31. The molecule has 1 unspecified atom stereocenters. The van der Waals surface area contributed by atoms with Gasteiger partial charge in [0.15, 0.2) is 0 Å². The molecule has 0 fully saturated rings. The zero-order valence-corrected chi connectivity index (χ0v) is 10.9. The van der Waals surface area contributed by atoms with Gasteiger partial charge in [-0.3, -0.25) is 4.90 Å². The molecule has 3 heteroatoms. The summed E-state index contributed by atoms with van der Waals surface area (Å²) in [4.78, 5) is 2.37. The number of rotatable bonds is 9. The van der Waals surface area contributed by atoms with E-state index in [2.05, 4.69) is 25.7 Å². The normalized spacial score (nSPS) is 15.6. The molecule has 0 radical (unpaired) electrons. The van der Waals surface area contributed by atoms with E-state index >= 15 is 0 Å². The summed E-state index contributed by atoms with van der Waals surface area (Å²) in [7, 11) is 0. The smallest absolute Gasteiger partial charge is 0.0593 e. The van der Waals surface area contributed by atoms with Gasteiger partial charge in [-0.25, -0.2) is 0 Å². The topological polar surface area (TPSA) is 38.5 Å². The standard InChI is InChI=1S/C12H28N2O/c1-5-8-12(4,13)11-14(6-2)9-10-15-7-3/h5-11,13H2,1-4H3. The van der Waals surface area contributed by atoms with Gasteiger partial charge in [0.2, 0.25) is 0 Å². The number of nitrogens with two attached hydrogens (primary N) is 1. The molecule has 0 amide bonds. The Morgan fingerprint density at radius 2 is 1.93 bits per heavy atom. The van der Waals surface area contributed by atoms with E-state index in [-0.39, 0.29) is 5.54 Å². The quantitative estimate of drug-likeness (QED) is 0.598. The van der Waals surface area contributed by atoms with E-state index in [0.29, 0.717) is 0 Å². The molecule has 0 rings (SSSR count). The van der Waals surface area contributed by atoms with Crippen LogP contribution in [-0.2, 0) is 4.74 Å². The molecule has 3 nitrogen and oxygen atoms in total. The van der Waals surface area contributed by atoms with Crippen molar-refractivity contribution in [1.29, 1.82) is 0 Å². The van der Waals surface area contributed by atoms with Crippen molar-refractivity contribution in [2.24, 2.45) is 5.73 Å². The zero-order chi connectivity index (χ0) is 11.7. The molecule has 0 aromatic heterocycles. The van der Waals surface area contributed by atoms with Crippen molar-refractivity contribution in [3.63, 3.8) is 0 Å². The second-order valence-electron chi connectivity index (χ2n) is 4.47. The molecule has 0 aromatic rings. The summed E-state index contributed by atoms with van der Waals surface area (Å²) in [5.74, 6) is 0. The van der Waals surface area contributed by atoms with Crippen LogP contribution >= 0.6 is 0 Å². The highest BCUT2D eigenvalue weighted by Gasteiger charge is 2.20. The molecular formula is C12H28N2O. The van der Waals surface area contributed by atoms with E-state index in [1.807, 2.05) is 6.92 Å². The maximum Gasteiger partial charge on any atom is 0.0593 e.